The van der Waals surface area contributed by atoms with E-state index in [0.29, 0.717) is 16.9 Å². The van der Waals surface area contributed by atoms with Crippen LogP contribution in [-0.4, -0.2) is 16.4 Å². The molecule has 0 amide bonds. The first-order valence-corrected chi connectivity index (χ1v) is 3.54. The summed E-state index contributed by atoms with van der Waals surface area (Å²) in [6.45, 7) is 1.73. The molecule has 0 bridgehead atoms. The average Bonchev–Trinajstić information content (AvgIpc) is 2.34. The smallest absolute Gasteiger partial charge is 0.153 e. The van der Waals surface area contributed by atoms with Gasteiger partial charge in [-0.1, -0.05) is 0 Å². The number of aromatic nitrogens is 1. The highest BCUT2D eigenvalue weighted by molar-refractivity contribution is 7.09. The molecule has 10 heavy (non-hydrogen) atoms. The van der Waals surface area contributed by atoms with E-state index < -0.39 is 6.10 Å². The third-order valence-electron chi connectivity index (χ3n) is 1.12. The summed E-state index contributed by atoms with van der Waals surface area (Å²) in [5.41, 5.74) is 3.26. The number of hydrogen-bond acceptors (Lipinski definition) is 4. The van der Waals surface area contributed by atoms with Gasteiger partial charge in [-0.25, -0.2) is 4.98 Å². The molecule has 0 aliphatic heterocycles. The van der Waals surface area contributed by atoms with Gasteiger partial charge in [-0.15, -0.1) is 11.3 Å². The van der Waals surface area contributed by atoms with E-state index in [1.54, 1.807) is 6.92 Å². The van der Waals surface area contributed by atoms with Crippen molar-refractivity contribution in [3.05, 3.63) is 16.1 Å². The van der Waals surface area contributed by atoms with E-state index in [2.05, 4.69) is 10.5 Å². The molecule has 0 aliphatic carbocycles. The number of nitrogens with zero attached hydrogens (tertiary/aromatic N) is 1. The maximum atomic E-state index is 10.1. The van der Waals surface area contributed by atoms with E-state index in [-0.39, 0.29) is 0 Å². The second-order valence-electron chi connectivity index (χ2n) is 1.84. The van der Waals surface area contributed by atoms with Crippen molar-refractivity contribution in [3.8, 4) is 0 Å². The zero-order valence-corrected chi connectivity index (χ0v) is 6.18. The lowest BCUT2D eigenvalue weighted by molar-refractivity contribution is -0.114. The van der Waals surface area contributed by atoms with Crippen molar-refractivity contribution in [2.45, 2.75) is 13.0 Å². The van der Waals surface area contributed by atoms with Gasteiger partial charge in [-0.05, 0) is 6.92 Å². The van der Waals surface area contributed by atoms with E-state index in [1.807, 2.05) is 0 Å². The van der Waals surface area contributed by atoms with Crippen LogP contribution in [-0.2, 0) is 4.79 Å². The Hall–Kier alpha value is -0.740. The third-order valence-corrected chi connectivity index (χ3v) is 2.06. The van der Waals surface area contributed by atoms with Crippen molar-refractivity contribution in [1.82, 2.24) is 4.98 Å². The molecular formula is C6H6NO2S. The van der Waals surface area contributed by atoms with Gasteiger partial charge in [-0.2, -0.15) is 0 Å². The maximum absolute atomic E-state index is 10.1. The number of aliphatic hydroxyl groups is 1. The Morgan fingerprint density at radius 2 is 2.60 bits per heavy atom. The molecule has 53 valence electrons. The standard InChI is InChI=1S/C6H6NO2S/c1-4-6(5(9)2-8)10-3-7-4/h2,5,9H,1H3. The van der Waals surface area contributed by atoms with Gasteiger partial charge in [0.1, 0.15) is 6.10 Å². The first-order valence-electron chi connectivity index (χ1n) is 2.72. The van der Waals surface area contributed by atoms with Crippen molar-refractivity contribution < 1.29 is 9.90 Å². The highest BCUT2D eigenvalue weighted by Gasteiger charge is 2.10. The van der Waals surface area contributed by atoms with E-state index in [4.69, 9.17) is 5.11 Å². The summed E-state index contributed by atoms with van der Waals surface area (Å²) >= 11 is 1.16. The predicted octanol–water partition coefficient (Wildman–Crippen LogP) is 0.484. The highest BCUT2D eigenvalue weighted by atomic mass is 32.1. The van der Waals surface area contributed by atoms with Gasteiger partial charge in [-0.3, -0.25) is 0 Å². The fraction of sp³-hybridized carbons (Fsp3) is 0.333. The van der Waals surface area contributed by atoms with Crippen LogP contribution in [0.25, 0.3) is 0 Å². The van der Waals surface area contributed by atoms with Crippen LogP contribution in [0.2, 0.25) is 0 Å². The number of aryl methyl sites for hydroxylation is 1. The number of aldehydes is 1. The topological polar surface area (TPSA) is 50.2 Å². The molecule has 1 atom stereocenters. The molecule has 1 rings (SSSR count). The molecule has 1 aromatic rings. The Balaban J connectivity index is 2.92. The number of carbonyl (C=O) groups excluding carboxylic acids is 1. The zero-order chi connectivity index (χ0) is 7.56. The minimum absolute atomic E-state index is 0.481. The Morgan fingerprint density at radius 3 is 3.00 bits per heavy atom. The van der Waals surface area contributed by atoms with Crippen molar-refractivity contribution in [3.63, 3.8) is 0 Å². The lowest BCUT2D eigenvalue weighted by atomic mass is 10.3. The van der Waals surface area contributed by atoms with Crippen molar-refractivity contribution in [2.24, 2.45) is 0 Å². The lowest BCUT2D eigenvalue weighted by Crippen LogP contribution is -1.96. The van der Waals surface area contributed by atoms with Crippen LogP contribution in [0.15, 0.2) is 0 Å². The summed E-state index contributed by atoms with van der Waals surface area (Å²) in [4.78, 5) is 14.4. The zero-order valence-electron chi connectivity index (χ0n) is 5.37. The van der Waals surface area contributed by atoms with Crippen LogP contribution in [0, 0.1) is 12.4 Å². The molecule has 1 unspecified atom stereocenters. The summed E-state index contributed by atoms with van der Waals surface area (Å²) in [6.07, 6.45) is -0.544. The van der Waals surface area contributed by atoms with Crippen LogP contribution in [0.5, 0.6) is 0 Å². The molecule has 1 aromatic heterocycles. The van der Waals surface area contributed by atoms with E-state index >= 15 is 0 Å². The summed E-state index contributed by atoms with van der Waals surface area (Å²) in [5, 5.41) is 8.98. The summed E-state index contributed by atoms with van der Waals surface area (Å²) in [5.74, 6) is 0. The van der Waals surface area contributed by atoms with Crippen LogP contribution < -0.4 is 0 Å². The Bertz CT molecular complexity index is 233. The number of hydrogen-bond donors (Lipinski definition) is 1. The van der Waals surface area contributed by atoms with Gasteiger partial charge in [0.25, 0.3) is 0 Å². The minimum Gasteiger partial charge on any atom is -0.380 e. The largest absolute Gasteiger partial charge is 0.380 e. The lowest BCUT2D eigenvalue weighted by Gasteiger charge is -1.97. The Kier molecular flexibility index (Phi) is 2.13. The second kappa shape index (κ2) is 2.90. The monoisotopic (exact) mass is 156 g/mol. The molecule has 0 saturated carbocycles. The van der Waals surface area contributed by atoms with E-state index in [1.165, 1.54) is 0 Å². The Morgan fingerprint density at radius 1 is 1.90 bits per heavy atom. The molecule has 0 spiro atoms. The Labute approximate surface area is 62.3 Å². The first kappa shape index (κ1) is 7.37. The summed E-state index contributed by atoms with van der Waals surface area (Å²) < 4.78 is 0. The number of rotatable bonds is 2. The van der Waals surface area contributed by atoms with Crippen molar-refractivity contribution >= 4 is 17.6 Å². The summed E-state index contributed by atoms with van der Waals surface area (Å²) in [7, 11) is 0. The SMILES string of the molecule is Cc1n[c]sc1C(O)C=O. The quantitative estimate of drug-likeness (QED) is 0.634. The fourth-order valence-electron chi connectivity index (χ4n) is 0.606. The van der Waals surface area contributed by atoms with Crippen molar-refractivity contribution in [1.29, 1.82) is 0 Å². The van der Waals surface area contributed by atoms with Gasteiger partial charge in [0.05, 0.1) is 10.6 Å². The molecule has 4 heteroatoms. The molecule has 1 radical (unpaired) electrons. The van der Waals surface area contributed by atoms with Crippen molar-refractivity contribution in [2.75, 3.05) is 0 Å². The third kappa shape index (κ3) is 1.22. The second-order valence-corrected chi connectivity index (χ2v) is 2.66. The van der Waals surface area contributed by atoms with Gasteiger partial charge >= 0.3 is 0 Å². The first-order chi connectivity index (χ1) is 4.75. The molecule has 1 heterocycles. The highest BCUT2D eigenvalue weighted by Crippen LogP contribution is 2.18. The van der Waals surface area contributed by atoms with Gasteiger partial charge in [0.15, 0.2) is 11.8 Å². The van der Waals surface area contributed by atoms with Gasteiger partial charge in [0.2, 0.25) is 0 Å². The fourth-order valence-corrected chi connectivity index (χ4v) is 1.26. The number of carbonyl (C=O) groups is 1. The molecule has 0 aromatic carbocycles. The van der Waals surface area contributed by atoms with E-state index in [9.17, 15) is 4.79 Å². The average molecular weight is 156 g/mol. The van der Waals surface area contributed by atoms with Crippen LogP contribution in [0.3, 0.4) is 0 Å². The molecule has 0 fully saturated rings. The summed E-state index contributed by atoms with van der Waals surface area (Å²) in [6, 6.07) is 0. The maximum Gasteiger partial charge on any atom is 0.153 e. The van der Waals surface area contributed by atoms with Crippen LogP contribution in [0.4, 0.5) is 0 Å². The molecule has 0 saturated heterocycles. The molecular weight excluding hydrogens is 150 g/mol. The van der Waals surface area contributed by atoms with Crippen LogP contribution in [0.1, 0.15) is 16.7 Å². The predicted molar refractivity (Wildman–Crippen MR) is 36.7 cm³/mol. The van der Waals surface area contributed by atoms with E-state index in [0.717, 1.165) is 11.3 Å². The molecule has 0 aliphatic rings. The van der Waals surface area contributed by atoms with Crippen LogP contribution >= 0.6 is 11.3 Å². The normalized spacial score (nSPS) is 13.0. The molecule has 1 N–H and O–H groups in total. The number of thiazole rings is 1. The van der Waals surface area contributed by atoms with Gasteiger partial charge < -0.3 is 9.90 Å². The molecule has 3 nitrogen and oxygen atoms in total. The minimum atomic E-state index is -1.02. The van der Waals surface area contributed by atoms with Gasteiger partial charge in [0, 0.05) is 0 Å². The number of aliphatic hydroxyl groups excluding tert-OH is 1.